The minimum atomic E-state index is -0.857. The van der Waals surface area contributed by atoms with Gasteiger partial charge in [0.05, 0.1) is 17.6 Å². The second kappa shape index (κ2) is 6.03. The normalized spacial score (nSPS) is 23.5. The Hall–Kier alpha value is -2.18. The zero-order valence-electron chi connectivity index (χ0n) is 14.0. The molecule has 24 heavy (non-hydrogen) atoms. The molecule has 0 unspecified atom stereocenters. The van der Waals surface area contributed by atoms with E-state index in [0.717, 1.165) is 6.07 Å². The first-order valence-electron chi connectivity index (χ1n) is 8.13. The Bertz CT molecular complexity index is 693. The molecule has 130 valence electrons. The lowest BCUT2D eigenvalue weighted by molar-refractivity contribution is 0.0640. The molecule has 3 amide bonds. The molecule has 1 aromatic rings. The third kappa shape index (κ3) is 2.72. The lowest BCUT2D eigenvalue weighted by atomic mass is 9.98. The highest BCUT2D eigenvalue weighted by Crippen LogP contribution is 2.26. The number of halogens is 2. The van der Waals surface area contributed by atoms with Gasteiger partial charge >= 0.3 is 6.03 Å². The van der Waals surface area contributed by atoms with Crippen molar-refractivity contribution in [3.63, 3.8) is 0 Å². The molecule has 0 aliphatic carbocycles. The van der Waals surface area contributed by atoms with Gasteiger partial charge in [0, 0.05) is 25.2 Å². The van der Waals surface area contributed by atoms with Crippen LogP contribution in [0.1, 0.15) is 36.2 Å². The number of carbonyl (C=O) groups is 2. The quantitative estimate of drug-likeness (QED) is 0.900. The molecule has 1 aromatic carbocycles. The highest BCUT2D eigenvalue weighted by atomic mass is 19.1. The van der Waals surface area contributed by atoms with Gasteiger partial charge in [-0.05, 0) is 38.8 Å². The van der Waals surface area contributed by atoms with Gasteiger partial charge in [0.1, 0.15) is 11.6 Å². The number of benzene rings is 1. The van der Waals surface area contributed by atoms with Crippen LogP contribution >= 0.6 is 0 Å². The maximum atomic E-state index is 14.0. The number of nitrogens with zero attached hydrogens (tertiary/aromatic N) is 2. The van der Waals surface area contributed by atoms with Crippen molar-refractivity contribution in [2.45, 2.75) is 45.3 Å². The van der Waals surface area contributed by atoms with Crippen molar-refractivity contribution < 1.29 is 18.4 Å². The predicted molar refractivity (Wildman–Crippen MR) is 84.7 cm³/mol. The summed E-state index contributed by atoms with van der Waals surface area (Å²) in [7, 11) is 0. The number of carbonyl (C=O) groups excluding carboxylic acids is 2. The SMILES string of the molecule is Cc1cc(C(=O)N2CC[C@H]3[C@@H](C2)NC(=O)N3C(C)C)c(F)cc1F. The van der Waals surface area contributed by atoms with E-state index in [1.807, 2.05) is 13.8 Å². The predicted octanol–water partition coefficient (Wildman–Crippen LogP) is 2.29. The molecule has 0 bridgehead atoms. The fourth-order valence-corrected chi connectivity index (χ4v) is 3.59. The number of hydrogen-bond acceptors (Lipinski definition) is 2. The molecule has 2 aliphatic rings. The Morgan fingerprint density at radius 1 is 1.29 bits per heavy atom. The first kappa shape index (κ1) is 16.7. The van der Waals surface area contributed by atoms with Crippen LogP contribution in [0.25, 0.3) is 0 Å². The van der Waals surface area contributed by atoms with Gasteiger partial charge in [0.2, 0.25) is 0 Å². The fraction of sp³-hybridized carbons (Fsp3) is 0.529. The molecule has 7 heteroatoms. The van der Waals surface area contributed by atoms with E-state index >= 15 is 0 Å². The van der Waals surface area contributed by atoms with Crippen molar-refractivity contribution in [1.82, 2.24) is 15.1 Å². The van der Waals surface area contributed by atoms with Crippen molar-refractivity contribution >= 4 is 11.9 Å². The van der Waals surface area contributed by atoms with Crippen LogP contribution in [0.15, 0.2) is 12.1 Å². The van der Waals surface area contributed by atoms with Crippen LogP contribution in [0.5, 0.6) is 0 Å². The van der Waals surface area contributed by atoms with Crippen LogP contribution in [0, 0.1) is 18.6 Å². The zero-order chi connectivity index (χ0) is 17.6. The average Bonchev–Trinajstić information content (AvgIpc) is 2.85. The summed E-state index contributed by atoms with van der Waals surface area (Å²) in [6, 6.07) is 1.82. The van der Waals surface area contributed by atoms with Crippen molar-refractivity contribution in [1.29, 1.82) is 0 Å². The number of aryl methyl sites for hydroxylation is 1. The number of hydrogen-bond donors (Lipinski definition) is 1. The second-order valence-electron chi connectivity index (χ2n) is 6.75. The molecule has 5 nitrogen and oxygen atoms in total. The Kier molecular flexibility index (Phi) is 4.19. The highest BCUT2D eigenvalue weighted by molar-refractivity contribution is 5.95. The summed E-state index contributed by atoms with van der Waals surface area (Å²) >= 11 is 0. The zero-order valence-corrected chi connectivity index (χ0v) is 14.0. The number of likely N-dealkylation sites (tertiary alicyclic amines) is 1. The molecule has 2 atom stereocenters. The summed E-state index contributed by atoms with van der Waals surface area (Å²) < 4.78 is 27.4. The van der Waals surface area contributed by atoms with E-state index in [1.54, 1.807) is 4.90 Å². The number of urea groups is 1. The van der Waals surface area contributed by atoms with Gasteiger partial charge in [-0.15, -0.1) is 0 Å². The van der Waals surface area contributed by atoms with Crippen LogP contribution in [-0.2, 0) is 0 Å². The third-order valence-electron chi connectivity index (χ3n) is 4.80. The highest BCUT2D eigenvalue weighted by Gasteiger charge is 2.44. The smallest absolute Gasteiger partial charge is 0.318 e. The monoisotopic (exact) mass is 337 g/mol. The van der Waals surface area contributed by atoms with Crippen molar-refractivity contribution in [2.75, 3.05) is 13.1 Å². The number of piperidine rings is 1. The molecule has 0 radical (unpaired) electrons. The Morgan fingerprint density at radius 3 is 2.67 bits per heavy atom. The van der Waals surface area contributed by atoms with Crippen LogP contribution in [0.4, 0.5) is 13.6 Å². The van der Waals surface area contributed by atoms with Gasteiger partial charge in [0.15, 0.2) is 0 Å². The third-order valence-corrected chi connectivity index (χ3v) is 4.80. The van der Waals surface area contributed by atoms with Crippen LogP contribution in [0.2, 0.25) is 0 Å². The summed E-state index contributed by atoms with van der Waals surface area (Å²) in [6.45, 7) is 6.17. The van der Waals surface area contributed by atoms with E-state index < -0.39 is 17.5 Å². The largest absolute Gasteiger partial charge is 0.336 e. The molecular weight excluding hydrogens is 316 g/mol. The standard InChI is InChI=1S/C17H21F2N3O2/c1-9(2)22-15-4-5-21(8-14(15)20-17(22)24)16(23)11-6-10(3)12(18)7-13(11)19/h6-7,9,14-15H,4-5,8H2,1-3H3,(H,20,24)/t14-,15+/m1/s1. The Morgan fingerprint density at radius 2 is 2.00 bits per heavy atom. The number of fused-ring (bicyclic) bond motifs is 1. The summed E-state index contributed by atoms with van der Waals surface area (Å²) in [4.78, 5) is 28.0. The van der Waals surface area contributed by atoms with Gasteiger partial charge in [-0.1, -0.05) is 0 Å². The lowest BCUT2D eigenvalue weighted by Crippen LogP contribution is -2.53. The second-order valence-corrected chi connectivity index (χ2v) is 6.75. The van der Waals surface area contributed by atoms with Crippen LogP contribution in [-0.4, -0.2) is 53.0 Å². The molecule has 0 aromatic heterocycles. The van der Waals surface area contributed by atoms with Crippen LogP contribution in [0.3, 0.4) is 0 Å². The fourth-order valence-electron chi connectivity index (χ4n) is 3.59. The molecule has 0 saturated carbocycles. The van der Waals surface area contributed by atoms with Crippen LogP contribution < -0.4 is 5.32 Å². The molecule has 2 fully saturated rings. The van der Waals surface area contributed by atoms with Gasteiger partial charge in [-0.3, -0.25) is 4.79 Å². The minimum Gasteiger partial charge on any atom is -0.336 e. The Balaban J connectivity index is 1.78. The first-order chi connectivity index (χ1) is 11.3. The lowest BCUT2D eigenvalue weighted by Gasteiger charge is -2.38. The van der Waals surface area contributed by atoms with Crippen molar-refractivity contribution in [3.8, 4) is 0 Å². The minimum absolute atomic E-state index is 0.0429. The molecule has 2 saturated heterocycles. The van der Waals surface area contributed by atoms with Crippen molar-refractivity contribution in [3.05, 3.63) is 34.9 Å². The summed E-state index contributed by atoms with van der Waals surface area (Å²) in [6.07, 6.45) is 0.634. The van der Waals surface area contributed by atoms with Gasteiger partial charge in [-0.25, -0.2) is 13.6 Å². The summed E-state index contributed by atoms with van der Waals surface area (Å²) in [5.74, 6) is -1.99. The van der Waals surface area contributed by atoms with Gasteiger partial charge < -0.3 is 15.1 Å². The average molecular weight is 337 g/mol. The molecule has 1 N–H and O–H groups in total. The van der Waals surface area contributed by atoms with Crippen molar-refractivity contribution in [2.24, 2.45) is 0 Å². The molecular formula is C17H21F2N3O2. The van der Waals surface area contributed by atoms with E-state index in [2.05, 4.69) is 5.32 Å². The van der Waals surface area contributed by atoms with Gasteiger partial charge in [-0.2, -0.15) is 0 Å². The number of rotatable bonds is 2. The van der Waals surface area contributed by atoms with E-state index in [1.165, 1.54) is 17.9 Å². The first-order valence-corrected chi connectivity index (χ1v) is 8.13. The molecule has 2 aliphatic heterocycles. The van der Waals surface area contributed by atoms with E-state index in [9.17, 15) is 18.4 Å². The maximum absolute atomic E-state index is 14.0. The maximum Gasteiger partial charge on any atom is 0.318 e. The summed E-state index contributed by atoms with van der Waals surface area (Å²) in [5.41, 5.74) is 0.104. The topological polar surface area (TPSA) is 52.7 Å². The Labute approximate surface area is 139 Å². The number of amides is 3. The van der Waals surface area contributed by atoms with E-state index in [-0.39, 0.29) is 35.3 Å². The summed E-state index contributed by atoms with van der Waals surface area (Å²) in [5, 5.41) is 2.90. The molecule has 3 rings (SSSR count). The van der Waals surface area contributed by atoms with E-state index in [4.69, 9.17) is 0 Å². The molecule has 2 heterocycles. The van der Waals surface area contributed by atoms with E-state index in [0.29, 0.717) is 19.5 Å². The van der Waals surface area contributed by atoms with Gasteiger partial charge in [0.25, 0.3) is 5.91 Å². The number of nitrogens with one attached hydrogen (secondary N) is 1. The molecule has 0 spiro atoms.